The van der Waals surface area contributed by atoms with Crippen LogP contribution >= 0.6 is 0 Å². The Morgan fingerprint density at radius 2 is 1.98 bits per heavy atom. The van der Waals surface area contributed by atoms with Gasteiger partial charge < -0.3 is 25.9 Å². The van der Waals surface area contributed by atoms with Gasteiger partial charge in [0.05, 0.1) is 53.2 Å². The van der Waals surface area contributed by atoms with E-state index in [4.69, 9.17) is 15.5 Å². The average Bonchev–Trinajstić information content (AvgIpc) is 3.39. The first kappa shape index (κ1) is 26.8. The number of fused-ring (bicyclic) bond motifs is 1. The second kappa shape index (κ2) is 11.5. The van der Waals surface area contributed by atoms with Crippen LogP contribution in [0.1, 0.15) is 28.8 Å². The molecule has 5 rings (SSSR count). The number of rotatable bonds is 10. The zero-order chi connectivity index (χ0) is 28.2. The van der Waals surface area contributed by atoms with Gasteiger partial charge in [-0.2, -0.15) is 0 Å². The van der Waals surface area contributed by atoms with E-state index in [1.54, 1.807) is 6.20 Å². The van der Waals surface area contributed by atoms with Crippen molar-refractivity contribution in [2.45, 2.75) is 20.4 Å². The molecule has 3 aromatic heterocycles. The van der Waals surface area contributed by atoms with E-state index in [1.165, 1.54) is 18.2 Å². The third kappa shape index (κ3) is 5.76. The molecule has 0 unspecified atom stereocenters. The lowest BCUT2D eigenvalue weighted by Gasteiger charge is -2.11. The molecule has 0 spiro atoms. The van der Waals surface area contributed by atoms with E-state index >= 15 is 0 Å². The van der Waals surface area contributed by atoms with Gasteiger partial charge in [0.1, 0.15) is 11.6 Å². The summed E-state index contributed by atoms with van der Waals surface area (Å²) >= 11 is 0. The van der Waals surface area contributed by atoms with Crippen LogP contribution in [0, 0.1) is 18.7 Å². The second-order valence-electron chi connectivity index (χ2n) is 9.63. The minimum absolute atomic E-state index is 0.0707. The number of nitrogens with zero attached hydrogens (tertiary/aromatic N) is 3. The monoisotopic (exact) mass is 540 g/mol. The van der Waals surface area contributed by atoms with E-state index in [0.717, 1.165) is 22.2 Å². The molecule has 5 aromatic rings. The van der Waals surface area contributed by atoms with Crippen molar-refractivity contribution in [2.75, 3.05) is 18.5 Å². The molecule has 0 amide bonds. The fourth-order valence-corrected chi connectivity index (χ4v) is 4.24. The Morgan fingerprint density at radius 3 is 2.75 bits per heavy atom. The van der Waals surface area contributed by atoms with Gasteiger partial charge >= 0.3 is 5.97 Å². The van der Waals surface area contributed by atoms with Gasteiger partial charge in [-0.25, -0.2) is 14.2 Å². The maximum Gasteiger partial charge on any atom is 0.338 e. The van der Waals surface area contributed by atoms with E-state index in [9.17, 15) is 14.3 Å². The number of nitrogens with two attached hydrogens (primary N) is 1. The number of carboxylic acid groups (broad SMARTS) is 1. The number of aromatic nitrogens is 4. The van der Waals surface area contributed by atoms with Gasteiger partial charge in [-0.1, -0.05) is 25.1 Å². The fourth-order valence-electron chi connectivity index (χ4n) is 4.24. The third-order valence-corrected chi connectivity index (χ3v) is 6.44. The van der Waals surface area contributed by atoms with E-state index in [-0.39, 0.29) is 18.2 Å². The largest absolute Gasteiger partial charge is 0.492 e. The highest BCUT2D eigenvalue weighted by Gasteiger charge is 2.18. The molecule has 0 aliphatic carbocycles. The molecule has 10 heteroatoms. The first-order chi connectivity index (χ1) is 19.3. The quantitative estimate of drug-likeness (QED) is 0.184. The predicted octanol–water partition coefficient (Wildman–Crippen LogP) is 5.42. The van der Waals surface area contributed by atoms with Crippen molar-refractivity contribution < 1.29 is 19.0 Å². The maximum absolute atomic E-state index is 14.7. The molecule has 5 N–H and O–H groups in total. The highest BCUT2D eigenvalue weighted by molar-refractivity contribution is 5.89. The van der Waals surface area contributed by atoms with Crippen molar-refractivity contribution >= 4 is 22.6 Å². The molecule has 1 atom stereocenters. The van der Waals surface area contributed by atoms with Gasteiger partial charge in [-0.15, -0.1) is 0 Å². The van der Waals surface area contributed by atoms with E-state index < -0.39 is 17.3 Å². The van der Waals surface area contributed by atoms with Gasteiger partial charge in [0.15, 0.2) is 5.82 Å². The second-order valence-corrected chi connectivity index (χ2v) is 9.63. The Bertz CT molecular complexity index is 1690. The van der Waals surface area contributed by atoms with Gasteiger partial charge in [-0.05, 0) is 55.9 Å². The lowest BCUT2D eigenvalue weighted by atomic mass is 10.1. The number of halogens is 1. The number of aryl methyl sites for hydroxylation is 1. The maximum atomic E-state index is 14.7. The molecule has 0 saturated heterocycles. The van der Waals surface area contributed by atoms with Crippen molar-refractivity contribution in [3.05, 3.63) is 89.8 Å². The van der Waals surface area contributed by atoms with Crippen LogP contribution in [0.3, 0.4) is 0 Å². The molecular weight excluding hydrogens is 511 g/mol. The van der Waals surface area contributed by atoms with Gasteiger partial charge in [0.25, 0.3) is 0 Å². The molecule has 9 nitrogen and oxygen atoms in total. The SMILES string of the molecule is Cc1cccc(-c2[nH]c(CNc3cccc(C(=O)O)c3F)nc2-c2ccc3ncc(OC[C@H](C)CN)cc3c2)n1. The Labute approximate surface area is 230 Å². The summed E-state index contributed by atoms with van der Waals surface area (Å²) < 4.78 is 20.6. The van der Waals surface area contributed by atoms with Crippen LogP contribution in [0.4, 0.5) is 10.1 Å². The minimum atomic E-state index is -1.33. The molecule has 40 heavy (non-hydrogen) atoms. The summed E-state index contributed by atoms with van der Waals surface area (Å²) in [5.41, 5.74) is 9.95. The number of carboxylic acids is 1. The number of ether oxygens (including phenoxy) is 1. The number of anilines is 1. The zero-order valence-electron chi connectivity index (χ0n) is 22.1. The summed E-state index contributed by atoms with van der Waals surface area (Å²) in [5, 5.41) is 13.1. The smallest absolute Gasteiger partial charge is 0.338 e. The number of hydrogen-bond acceptors (Lipinski definition) is 7. The number of imidazole rings is 1. The number of H-pyrrole nitrogens is 1. The van der Waals surface area contributed by atoms with Crippen molar-refractivity contribution in [2.24, 2.45) is 11.7 Å². The highest BCUT2D eigenvalue weighted by atomic mass is 19.1. The number of carbonyl (C=O) groups is 1. The molecular formula is C30H29FN6O3. The Kier molecular flexibility index (Phi) is 7.70. The van der Waals surface area contributed by atoms with Gasteiger partial charge in [0, 0.05) is 22.6 Å². The van der Waals surface area contributed by atoms with Gasteiger partial charge in [-0.3, -0.25) is 9.97 Å². The summed E-state index contributed by atoms with van der Waals surface area (Å²) in [4.78, 5) is 28.7. The number of aromatic amines is 1. The molecule has 0 aliphatic heterocycles. The van der Waals surface area contributed by atoms with Crippen LogP contribution in [0.2, 0.25) is 0 Å². The topological polar surface area (TPSA) is 139 Å². The minimum Gasteiger partial charge on any atom is -0.492 e. The standard InChI is InChI=1S/C30H29FN6O3/c1-17(13-32)16-40-21-12-20-11-19(9-10-23(20)33-14-21)28-29(25-8-3-5-18(2)35-25)37-26(36-28)15-34-24-7-4-6-22(27(24)31)30(38)39/h3-12,14,17,34H,13,15-16,32H2,1-2H3,(H,36,37)(H,38,39)/t17-/m1/s1. The van der Waals surface area contributed by atoms with E-state index in [2.05, 4.69) is 20.3 Å². The first-order valence-corrected chi connectivity index (χ1v) is 12.8. The van der Waals surface area contributed by atoms with Crippen molar-refractivity contribution in [3.63, 3.8) is 0 Å². The molecule has 0 saturated carbocycles. The van der Waals surface area contributed by atoms with E-state index in [1.807, 2.05) is 56.3 Å². The average molecular weight is 541 g/mol. The molecule has 2 aromatic carbocycles. The Morgan fingerprint density at radius 1 is 1.15 bits per heavy atom. The molecule has 204 valence electrons. The first-order valence-electron chi connectivity index (χ1n) is 12.8. The van der Waals surface area contributed by atoms with Gasteiger partial charge in [0.2, 0.25) is 0 Å². The number of pyridine rings is 2. The number of nitrogens with one attached hydrogen (secondary N) is 2. The summed E-state index contributed by atoms with van der Waals surface area (Å²) in [6.45, 7) is 5.10. The lowest BCUT2D eigenvalue weighted by molar-refractivity contribution is 0.0692. The lowest BCUT2D eigenvalue weighted by Crippen LogP contribution is -2.18. The van der Waals surface area contributed by atoms with Crippen LogP contribution in [-0.4, -0.2) is 44.2 Å². The summed E-state index contributed by atoms with van der Waals surface area (Å²) in [5.74, 6) is -0.754. The molecule has 0 fully saturated rings. The van der Waals surface area contributed by atoms with Crippen molar-refractivity contribution in [1.29, 1.82) is 0 Å². The van der Waals surface area contributed by atoms with Crippen LogP contribution in [0.5, 0.6) is 5.75 Å². The predicted molar refractivity (Wildman–Crippen MR) is 152 cm³/mol. The Balaban J connectivity index is 1.50. The molecule has 0 radical (unpaired) electrons. The third-order valence-electron chi connectivity index (χ3n) is 6.44. The Hall–Kier alpha value is -4.83. The molecule has 0 bridgehead atoms. The van der Waals surface area contributed by atoms with Crippen LogP contribution in [-0.2, 0) is 6.54 Å². The number of hydrogen-bond donors (Lipinski definition) is 4. The fraction of sp³-hybridized carbons (Fsp3) is 0.200. The van der Waals surface area contributed by atoms with Crippen molar-refractivity contribution in [1.82, 2.24) is 19.9 Å². The number of benzene rings is 2. The summed E-state index contributed by atoms with van der Waals surface area (Å²) in [6.07, 6.45) is 1.70. The van der Waals surface area contributed by atoms with E-state index in [0.29, 0.717) is 41.8 Å². The normalized spacial score (nSPS) is 11.9. The number of aromatic carboxylic acids is 1. The summed E-state index contributed by atoms with van der Waals surface area (Å²) in [6, 6.07) is 17.7. The zero-order valence-corrected chi connectivity index (χ0v) is 22.1. The van der Waals surface area contributed by atoms with Crippen LogP contribution < -0.4 is 15.8 Å². The molecule has 0 aliphatic rings. The highest BCUT2D eigenvalue weighted by Crippen LogP contribution is 2.32. The molecule has 3 heterocycles. The van der Waals surface area contributed by atoms with Crippen LogP contribution in [0.15, 0.2) is 66.9 Å². The van der Waals surface area contributed by atoms with Crippen molar-refractivity contribution in [3.8, 4) is 28.4 Å². The van der Waals surface area contributed by atoms with Crippen LogP contribution in [0.25, 0.3) is 33.5 Å². The summed E-state index contributed by atoms with van der Waals surface area (Å²) in [7, 11) is 0.